The van der Waals surface area contributed by atoms with E-state index in [9.17, 15) is 9.90 Å². The van der Waals surface area contributed by atoms with Gasteiger partial charge in [0.05, 0.1) is 12.1 Å². The van der Waals surface area contributed by atoms with Crippen LogP contribution in [-0.4, -0.2) is 25.9 Å². The number of hydrogen-bond donors (Lipinski definition) is 3. The van der Waals surface area contributed by atoms with Crippen LogP contribution in [0.5, 0.6) is 5.75 Å². The van der Waals surface area contributed by atoms with Crippen LogP contribution in [0.15, 0.2) is 18.2 Å². The molecular formula is C18H23N5O2. The molecule has 0 radical (unpaired) electrons. The van der Waals surface area contributed by atoms with Gasteiger partial charge >= 0.3 is 6.03 Å². The Morgan fingerprint density at radius 1 is 1.32 bits per heavy atom. The highest BCUT2D eigenvalue weighted by molar-refractivity contribution is 5.75. The van der Waals surface area contributed by atoms with Gasteiger partial charge in [0.25, 0.3) is 0 Å². The lowest BCUT2D eigenvalue weighted by Gasteiger charge is -2.24. The van der Waals surface area contributed by atoms with Crippen molar-refractivity contribution in [1.82, 2.24) is 25.4 Å². The van der Waals surface area contributed by atoms with Gasteiger partial charge in [-0.3, -0.25) is 0 Å². The van der Waals surface area contributed by atoms with E-state index in [0.717, 1.165) is 61.4 Å². The summed E-state index contributed by atoms with van der Waals surface area (Å²) in [5.41, 5.74) is 1.95. The molecule has 132 valence electrons. The molecule has 2 heterocycles. The molecule has 1 aromatic carbocycles. The number of aryl methyl sites for hydroxylation is 2. The van der Waals surface area contributed by atoms with Gasteiger partial charge in [0.2, 0.25) is 0 Å². The van der Waals surface area contributed by atoms with E-state index in [2.05, 4.69) is 20.7 Å². The van der Waals surface area contributed by atoms with E-state index in [0.29, 0.717) is 5.75 Å². The molecule has 0 saturated heterocycles. The van der Waals surface area contributed by atoms with Crippen LogP contribution in [0.3, 0.4) is 0 Å². The van der Waals surface area contributed by atoms with Crippen molar-refractivity contribution in [2.24, 2.45) is 0 Å². The number of phenolic OH excluding ortho intramolecular Hbond substituents is 1. The summed E-state index contributed by atoms with van der Waals surface area (Å²) in [7, 11) is 0. The molecule has 0 fully saturated rings. The molecule has 1 aliphatic carbocycles. The predicted octanol–water partition coefficient (Wildman–Crippen LogP) is 2.37. The summed E-state index contributed by atoms with van der Waals surface area (Å²) in [6.45, 7) is 2.89. The number of aromatic nitrogens is 3. The third kappa shape index (κ3) is 2.94. The number of carbonyl (C=O) groups is 1. The monoisotopic (exact) mass is 341 g/mol. The Bertz CT molecular complexity index is 801. The summed E-state index contributed by atoms with van der Waals surface area (Å²) in [4.78, 5) is 17.1. The number of nitrogens with zero attached hydrogens (tertiary/aromatic N) is 3. The zero-order valence-corrected chi connectivity index (χ0v) is 14.3. The first-order valence-corrected chi connectivity index (χ1v) is 8.97. The molecule has 1 aromatic heterocycles. The minimum atomic E-state index is -0.194. The molecule has 2 aliphatic rings. The number of nitrogens with one attached hydrogen (secondary N) is 2. The maximum absolute atomic E-state index is 12.5. The van der Waals surface area contributed by atoms with Gasteiger partial charge in [0, 0.05) is 13.0 Å². The number of urea groups is 1. The van der Waals surface area contributed by atoms with Crippen LogP contribution in [0, 0.1) is 0 Å². The Morgan fingerprint density at radius 2 is 2.16 bits per heavy atom. The van der Waals surface area contributed by atoms with Gasteiger partial charge in [-0.2, -0.15) is 5.10 Å². The lowest BCUT2D eigenvalue weighted by atomic mass is 10.1. The quantitative estimate of drug-likeness (QED) is 0.799. The van der Waals surface area contributed by atoms with Crippen molar-refractivity contribution >= 4 is 6.03 Å². The van der Waals surface area contributed by atoms with Gasteiger partial charge in [0.15, 0.2) is 5.82 Å². The van der Waals surface area contributed by atoms with Crippen LogP contribution in [-0.2, 0) is 19.4 Å². The molecule has 2 aromatic rings. The van der Waals surface area contributed by atoms with Crippen molar-refractivity contribution in [1.29, 1.82) is 0 Å². The largest absolute Gasteiger partial charge is 0.508 e. The normalized spacial score (nSPS) is 21.5. The molecule has 1 aliphatic heterocycles. The number of aromatic hydroxyl groups is 1. The summed E-state index contributed by atoms with van der Waals surface area (Å²) in [6, 6.07) is 5.13. The summed E-state index contributed by atoms with van der Waals surface area (Å²) in [5.74, 6) is 1.99. The van der Waals surface area contributed by atoms with Crippen LogP contribution in [0.2, 0.25) is 0 Å². The fourth-order valence-electron chi connectivity index (χ4n) is 3.83. The van der Waals surface area contributed by atoms with Crippen LogP contribution in [0.4, 0.5) is 4.79 Å². The van der Waals surface area contributed by atoms with Gasteiger partial charge < -0.3 is 15.7 Å². The van der Waals surface area contributed by atoms with Crippen molar-refractivity contribution in [2.45, 2.75) is 57.7 Å². The second kappa shape index (κ2) is 6.38. The minimum Gasteiger partial charge on any atom is -0.508 e. The number of rotatable bonds is 3. The minimum absolute atomic E-state index is 0.0604. The zero-order valence-electron chi connectivity index (χ0n) is 14.3. The topological polar surface area (TPSA) is 92.1 Å². The predicted molar refractivity (Wildman–Crippen MR) is 92.2 cm³/mol. The molecule has 2 atom stereocenters. The molecule has 0 bridgehead atoms. The number of amides is 2. The molecule has 0 unspecified atom stereocenters. The molecular weight excluding hydrogens is 318 g/mol. The van der Waals surface area contributed by atoms with E-state index in [1.807, 2.05) is 23.7 Å². The average Bonchev–Trinajstić information content (AvgIpc) is 3.20. The maximum Gasteiger partial charge on any atom is 0.315 e. The summed E-state index contributed by atoms with van der Waals surface area (Å²) in [6.07, 6.45) is 4.23. The number of phenols is 1. The van der Waals surface area contributed by atoms with E-state index < -0.39 is 0 Å². The summed E-state index contributed by atoms with van der Waals surface area (Å²) >= 11 is 0. The molecule has 0 saturated carbocycles. The highest BCUT2D eigenvalue weighted by Crippen LogP contribution is 2.36. The average molecular weight is 341 g/mol. The van der Waals surface area contributed by atoms with E-state index in [4.69, 9.17) is 0 Å². The Labute approximate surface area is 146 Å². The molecule has 7 nitrogen and oxygen atoms in total. The number of benzene rings is 1. The Balaban J connectivity index is 1.45. The van der Waals surface area contributed by atoms with Gasteiger partial charge in [-0.05, 0) is 42.9 Å². The molecule has 0 spiro atoms. The molecule has 7 heteroatoms. The van der Waals surface area contributed by atoms with Crippen molar-refractivity contribution in [3.63, 3.8) is 0 Å². The van der Waals surface area contributed by atoms with Crippen molar-refractivity contribution in [2.75, 3.05) is 0 Å². The first kappa shape index (κ1) is 15.9. The van der Waals surface area contributed by atoms with Crippen LogP contribution in [0.1, 0.15) is 61.0 Å². The number of hydrogen-bond acceptors (Lipinski definition) is 4. The fourth-order valence-corrected chi connectivity index (χ4v) is 3.83. The van der Waals surface area contributed by atoms with Crippen LogP contribution >= 0.6 is 0 Å². The van der Waals surface area contributed by atoms with Gasteiger partial charge in [-0.25, -0.2) is 14.5 Å². The number of carbonyl (C=O) groups excluding carboxylic acids is 1. The smallest absolute Gasteiger partial charge is 0.315 e. The Hall–Kier alpha value is -2.57. The van der Waals surface area contributed by atoms with Crippen LogP contribution < -0.4 is 10.6 Å². The first-order valence-electron chi connectivity index (χ1n) is 8.97. The maximum atomic E-state index is 12.5. The molecule has 25 heavy (non-hydrogen) atoms. The second-order valence-corrected chi connectivity index (χ2v) is 6.71. The van der Waals surface area contributed by atoms with Crippen molar-refractivity contribution in [3.05, 3.63) is 41.0 Å². The van der Waals surface area contributed by atoms with E-state index in [1.54, 1.807) is 6.07 Å². The highest BCUT2D eigenvalue weighted by Gasteiger charge is 2.29. The van der Waals surface area contributed by atoms with Gasteiger partial charge in [-0.1, -0.05) is 19.1 Å². The first-order chi connectivity index (χ1) is 12.2. The zero-order chi connectivity index (χ0) is 17.4. The summed E-state index contributed by atoms with van der Waals surface area (Å²) in [5, 5.41) is 20.5. The number of fused-ring (bicyclic) bond motifs is 2. The van der Waals surface area contributed by atoms with E-state index in [-0.39, 0.29) is 18.1 Å². The van der Waals surface area contributed by atoms with Crippen LogP contribution in [0.25, 0.3) is 0 Å². The van der Waals surface area contributed by atoms with Crippen molar-refractivity contribution in [3.8, 4) is 5.75 Å². The molecule has 3 N–H and O–H groups in total. The SMILES string of the molecule is CCc1nc2n(n1)CCC[C@@H]2NC(=O)N[C@H]1CCc2c(O)cccc21. The fraction of sp³-hybridized carbons (Fsp3) is 0.500. The second-order valence-electron chi connectivity index (χ2n) is 6.71. The standard InChI is InChI=1S/C18H23N5O2/c1-2-16-21-17-14(6-4-10-23(17)22-16)20-18(25)19-13-9-8-12-11(13)5-3-7-15(12)24/h3,5,7,13-14,24H,2,4,6,8-10H2,1H3,(H2,19,20,25)/t13-,14-/m0/s1. The lowest BCUT2D eigenvalue weighted by Crippen LogP contribution is -2.41. The Morgan fingerprint density at radius 3 is 3.00 bits per heavy atom. The van der Waals surface area contributed by atoms with Gasteiger partial charge in [-0.15, -0.1) is 0 Å². The highest BCUT2D eigenvalue weighted by atomic mass is 16.3. The Kier molecular flexibility index (Phi) is 4.07. The van der Waals surface area contributed by atoms with Crippen molar-refractivity contribution < 1.29 is 9.90 Å². The molecule has 4 rings (SSSR count). The van der Waals surface area contributed by atoms with Gasteiger partial charge in [0.1, 0.15) is 11.6 Å². The van der Waals surface area contributed by atoms with E-state index in [1.165, 1.54) is 0 Å². The lowest BCUT2D eigenvalue weighted by molar-refractivity contribution is 0.229. The third-order valence-corrected chi connectivity index (χ3v) is 5.09. The van der Waals surface area contributed by atoms with E-state index >= 15 is 0 Å². The third-order valence-electron chi connectivity index (χ3n) is 5.09. The summed E-state index contributed by atoms with van der Waals surface area (Å²) < 4.78 is 1.91. The molecule has 2 amide bonds.